The van der Waals surface area contributed by atoms with Gasteiger partial charge in [0.15, 0.2) is 10.7 Å². The van der Waals surface area contributed by atoms with Gasteiger partial charge in [-0.3, -0.25) is 10.1 Å². The number of nitrogens with two attached hydrogens (primary N) is 1. The molecule has 4 aromatic rings. The van der Waals surface area contributed by atoms with Crippen LogP contribution in [0.1, 0.15) is 36.1 Å². The van der Waals surface area contributed by atoms with Crippen LogP contribution in [0.25, 0.3) is 10.8 Å². The van der Waals surface area contributed by atoms with Crippen LogP contribution in [-0.4, -0.2) is 51.1 Å². The molecule has 224 valence electrons. The molecule has 11 nitrogen and oxygen atoms in total. The summed E-state index contributed by atoms with van der Waals surface area (Å²) in [6, 6.07) is 13.7. The predicted octanol–water partition coefficient (Wildman–Crippen LogP) is 4.63. The number of nitrogens with zero attached hydrogens (tertiary/aromatic N) is 2. The summed E-state index contributed by atoms with van der Waals surface area (Å²) in [4.78, 5) is 31.9. The number of thiol groups is 1. The topological polar surface area (TPSA) is 153 Å². The van der Waals surface area contributed by atoms with Crippen molar-refractivity contribution in [3.63, 3.8) is 0 Å². The lowest BCUT2D eigenvalue weighted by atomic mass is 10.00. The van der Waals surface area contributed by atoms with Crippen LogP contribution in [0.5, 0.6) is 5.75 Å². The Balaban J connectivity index is 1.57. The zero-order chi connectivity index (χ0) is 30.7. The molecule has 13 heteroatoms. The van der Waals surface area contributed by atoms with Gasteiger partial charge in [0.2, 0.25) is 5.91 Å². The zero-order valence-electron chi connectivity index (χ0n) is 23.4. The van der Waals surface area contributed by atoms with Crippen LogP contribution < -0.4 is 21.1 Å². The summed E-state index contributed by atoms with van der Waals surface area (Å²) in [6.07, 6.45) is 1.88. The number of carbonyl (C=O) groups excluding carboxylic acids is 2. The number of nitrogen functional groups attached to an aromatic ring is 1. The maximum Gasteiger partial charge on any atom is 0.411 e. The third kappa shape index (κ3) is 6.16. The van der Waals surface area contributed by atoms with Crippen molar-refractivity contribution in [3.8, 4) is 5.75 Å². The molecule has 2 heterocycles. The van der Waals surface area contributed by atoms with Crippen LogP contribution in [0.4, 0.5) is 26.4 Å². The Morgan fingerprint density at radius 3 is 2.60 bits per heavy atom. The van der Waals surface area contributed by atoms with Crippen molar-refractivity contribution < 1.29 is 31.9 Å². The lowest BCUT2D eigenvalue weighted by molar-refractivity contribution is -0.133. The van der Waals surface area contributed by atoms with Gasteiger partial charge in [0, 0.05) is 35.1 Å². The smallest absolute Gasteiger partial charge is 0.411 e. The van der Waals surface area contributed by atoms with Crippen molar-refractivity contribution in [1.29, 1.82) is 0 Å². The van der Waals surface area contributed by atoms with E-state index in [-0.39, 0.29) is 10.5 Å². The molecule has 0 spiro atoms. The summed E-state index contributed by atoms with van der Waals surface area (Å²) in [6.45, 7) is 0.303. The Kier molecular flexibility index (Phi) is 8.62. The van der Waals surface area contributed by atoms with Crippen molar-refractivity contribution in [2.45, 2.75) is 29.8 Å². The first-order valence-corrected chi connectivity index (χ1v) is 14.6. The van der Waals surface area contributed by atoms with Crippen molar-refractivity contribution in [3.05, 3.63) is 83.8 Å². The van der Waals surface area contributed by atoms with E-state index >= 15 is 4.39 Å². The number of pyridine rings is 1. The second-order valence-corrected chi connectivity index (χ2v) is 10.9. The van der Waals surface area contributed by atoms with Gasteiger partial charge in [0.05, 0.1) is 25.2 Å². The van der Waals surface area contributed by atoms with E-state index in [0.29, 0.717) is 47.9 Å². The first-order valence-electron chi connectivity index (χ1n) is 13.4. The van der Waals surface area contributed by atoms with Crippen LogP contribution in [-0.2, 0) is 20.2 Å². The maximum absolute atomic E-state index is 15.4. The minimum absolute atomic E-state index is 0.0212. The average Bonchev–Trinajstić information content (AvgIpc) is 3.50. The first-order chi connectivity index (χ1) is 20.7. The molecular weight excluding hydrogens is 577 g/mol. The van der Waals surface area contributed by atoms with Crippen molar-refractivity contribution >= 4 is 50.7 Å². The minimum atomic E-state index is -3.03. The van der Waals surface area contributed by atoms with E-state index in [1.54, 1.807) is 35.4 Å². The van der Waals surface area contributed by atoms with Gasteiger partial charge in [0.1, 0.15) is 23.4 Å². The number of anilines is 3. The summed E-state index contributed by atoms with van der Waals surface area (Å²) in [5.74, 6) is -0.378. The molecule has 4 N–H and O–H groups in total. The Morgan fingerprint density at radius 1 is 1.07 bits per heavy atom. The molecule has 0 bridgehead atoms. The number of rotatable bonds is 8. The number of hydrogen-bond donors (Lipinski definition) is 4. The monoisotopic (exact) mass is 607 g/mol. The number of halogens is 1. The summed E-state index contributed by atoms with van der Waals surface area (Å²) >= 11 is 0. The average molecular weight is 608 g/mol. The Labute approximate surface area is 248 Å². The summed E-state index contributed by atoms with van der Waals surface area (Å²) in [5, 5.41) is 7.22. The van der Waals surface area contributed by atoms with E-state index in [1.165, 1.54) is 50.6 Å². The molecule has 1 fully saturated rings. The van der Waals surface area contributed by atoms with E-state index < -0.39 is 40.6 Å². The van der Waals surface area contributed by atoms with Gasteiger partial charge in [-0.1, -0.05) is 0 Å². The molecule has 0 aliphatic carbocycles. The molecular formula is C30H30FN5O6S. The lowest BCUT2D eigenvalue weighted by Crippen LogP contribution is -2.38. The molecule has 1 aromatic heterocycles. The van der Waals surface area contributed by atoms with Crippen LogP contribution in [0.3, 0.4) is 0 Å². The fraction of sp³-hybridized carbons (Fsp3) is 0.233. The molecule has 1 saturated heterocycles. The molecule has 3 aromatic carbocycles. The molecule has 43 heavy (non-hydrogen) atoms. The van der Waals surface area contributed by atoms with Gasteiger partial charge in [-0.2, -0.15) is 0 Å². The number of likely N-dealkylation sites (tertiary alicyclic amines) is 1. The highest BCUT2D eigenvalue weighted by molar-refractivity contribution is 7.72. The number of methoxy groups -OCH3 is 2. The second kappa shape index (κ2) is 12.5. The fourth-order valence-corrected chi connectivity index (χ4v) is 5.97. The lowest BCUT2D eigenvalue weighted by Gasteiger charge is -2.31. The summed E-state index contributed by atoms with van der Waals surface area (Å²) in [7, 11) is -0.371. The third-order valence-electron chi connectivity index (χ3n) is 7.42. The Bertz CT molecular complexity index is 1770. The number of hydrogen-bond acceptors (Lipinski definition) is 9. The fourth-order valence-electron chi connectivity index (χ4n) is 5.35. The molecule has 5 rings (SSSR count). The van der Waals surface area contributed by atoms with E-state index in [2.05, 4.69) is 20.4 Å². The Hall–Kier alpha value is -4.91. The quantitative estimate of drug-likeness (QED) is 0.210. The van der Waals surface area contributed by atoms with Crippen molar-refractivity contribution in [2.75, 3.05) is 37.1 Å². The molecule has 1 aliphatic heterocycles. The van der Waals surface area contributed by atoms with E-state index in [1.807, 2.05) is 0 Å². The molecule has 2 amide bonds. The van der Waals surface area contributed by atoms with Crippen LogP contribution in [0.2, 0.25) is 0 Å². The van der Waals surface area contributed by atoms with Crippen LogP contribution >= 0.6 is 0 Å². The zero-order valence-corrected chi connectivity index (χ0v) is 24.3. The van der Waals surface area contributed by atoms with Crippen molar-refractivity contribution in [2.24, 2.45) is 0 Å². The molecule has 0 unspecified atom stereocenters. The number of nitrogens with one attached hydrogen (secondary N) is 2. The number of fused-ring (bicyclic) bond motifs is 1. The van der Waals surface area contributed by atoms with Crippen molar-refractivity contribution in [1.82, 2.24) is 9.88 Å². The Morgan fingerprint density at radius 2 is 1.86 bits per heavy atom. The van der Waals surface area contributed by atoms with Gasteiger partial charge >= 0.3 is 6.09 Å². The standard InChI is InChI=1S/C30H30FN5O6S/c1-41-20-7-9-24(31)22(16-20)27(34-18-5-8-21-17(14-18)11-12-33-28(21)32)29(37)36-13-3-4-25(36)23-15-19(35-30(38)42-2)6-10-26(23)43(39)40/h5-12,14-16,25,27,34,43H,3-4,13H2,1-2H3,(H2,32,33)(H,35,38)/t25-,27+/m1/s1. The number of amides is 2. The van der Waals surface area contributed by atoms with Gasteiger partial charge in [-0.05, 0) is 84.5 Å². The summed E-state index contributed by atoms with van der Waals surface area (Å²) < 4.78 is 49.8. The molecule has 1 aliphatic rings. The normalized spacial score (nSPS) is 15.3. The molecule has 0 radical (unpaired) electrons. The molecule has 0 saturated carbocycles. The SMILES string of the molecule is COC(=O)Nc1ccc([SH](=O)=O)c([C@H]2CCCN2C(=O)[C@@H](Nc2ccc3c(N)nccc3c2)c2cc(OC)ccc2F)c1. The molecule has 2 atom stereocenters. The number of benzene rings is 3. The highest BCUT2D eigenvalue weighted by Gasteiger charge is 2.37. The second-order valence-electron chi connectivity index (χ2n) is 9.93. The van der Waals surface area contributed by atoms with Crippen LogP contribution in [0, 0.1) is 5.82 Å². The van der Waals surface area contributed by atoms with Gasteiger partial charge in [-0.25, -0.2) is 22.6 Å². The maximum atomic E-state index is 15.4. The van der Waals surface area contributed by atoms with Gasteiger partial charge in [-0.15, -0.1) is 0 Å². The van der Waals surface area contributed by atoms with E-state index in [0.717, 1.165) is 10.8 Å². The highest BCUT2D eigenvalue weighted by Crippen LogP contribution is 2.39. The van der Waals surface area contributed by atoms with Crippen LogP contribution in [0.15, 0.2) is 71.8 Å². The summed E-state index contributed by atoms with van der Waals surface area (Å²) in [5.41, 5.74) is 7.23. The largest absolute Gasteiger partial charge is 0.497 e. The highest BCUT2D eigenvalue weighted by atomic mass is 32.2. The third-order valence-corrected chi connectivity index (χ3v) is 8.22. The number of ether oxygens (including phenoxy) is 2. The van der Waals surface area contributed by atoms with Gasteiger partial charge in [0.25, 0.3) is 0 Å². The minimum Gasteiger partial charge on any atom is -0.497 e. The first kappa shape index (κ1) is 29.6. The van der Waals surface area contributed by atoms with E-state index in [9.17, 15) is 18.0 Å². The number of aromatic nitrogens is 1. The van der Waals surface area contributed by atoms with E-state index in [4.69, 9.17) is 10.5 Å². The van der Waals surface area contributed by atoms with Gasteiger partial charge < -0.3 is 25.4 Å². The number of carbonyl (C=O) groups is 2. The predicted molar refractivity (Wildman–Crippen MR) is 160 cm³/mol.